The molecule has 1 aliphatic rings. The summed E-state index contributed by atoms with van der Waals surface area (Å²) in [4.78, 5) is 6.77. The zero-order valence-corrected chi connectivity index (χ0v) is 10.2. The lowest BCUT2D eigenvalue weighted by atomic mass is 10.0. The van der Waals surface area contributed by atoms with Crippen LogP contribution in [-0.4, -0.2) is 30.2 Å². The normalized spacial score (nSPS) is 18.1. The summed E-state index contributed by atoms with van der Waals surface area (Å²) in [6.07, 6.45) is 4.30. The first kappa shape index (κ1) is 11.4. The van der Waals surface area contributed by atoms with E-state index in [1.807, 2.05) is 12.3 Å². The van der Waals surface area contributed by atoms with Crippen LogP contribution in [0.1, 0.15) is 26.7 Å². The van der Waals surface area contributed by atoms with E-state index in [4.69, 9.17) is 0 Å². The summed E-state index contributed by atoms with van der Waals surface area (Å²) >= 11 is 0. The second-order valence-corrected chi connectivity index (χ2v) is 4.77. The van der Waals surface area contributed by atoms with Crippen molar-refractivity contribution in [3.8, 4) is 0 Å². The summed E-state index contributed by atoms with van der Waals surface area (Å²) in [6, 6.07) is 7.39. The maximum absolute atomic E-state index is 4.39. The van der Waals surface area contributed by atoms with Gasteiger partial charge in [-0.15, -0.1) is 0 Å². The number of hydrogen-bond acceptors (Lipinski definition) is 3. The fourth-order valence-electron chi connectivity index (χ4n) is 2.29. The van der Waals surface area contributed by atoms with Crippen molar-refractivity contribution in [3.05, 3.63) is 24.4 Å². The van der Waals surface area contributed by atoms with E-state index in [9.17, 15) is 0 Å². The van der Waals surface area contributed by atoms with Gasteiger partial charge in [0.15, 0.2) is 0 Å². The average Bonchev–Trinajstić information content (AvgIpc) is 2.30. The average molecular weight is 219 g/mol. The molecular formula is C13H21N3. The predicted molar refractivity (Wildman–Crippen MR) is 67.7 cm³/mol. The second-order valence-electron chi connectivity index (χ2n) is 4.77. The third kappa shape index (κ3) is 2.95. The van der Waals surface area contributed by atoms with E-state index >= 15 is 0 Å². The lowest BCUT2D eigenvalue weighted by Crippen LogP contribution is -2.45. The Balaban J connectivity index is 1.86. The second kappa shape index (κ2) is 5.30. The topological polar surface area (TPSA) is 28.2 Å². The highest BCUT2D eigenvalue weighted by atomic mass is 15.2. The van der Waals surface area contributed by atoms with Crippen molar-refractivity contribution in [3.63, 3.8) is 0 Å². The summed E-state index contributed by atoms with van der Waals surface area (Å²) in [5, 5.41) is 3.61. The molecule has 1 saturated heterocycles. The van der Waals surface area contributed by atoms with Crippen LogP contribution >= 0.6 is 0 Å². The Hall–Kier alpha value is -1.09. The van der Waals surface area contributed by atoms with E-state index in [1.165, 1.54) is 12.8 Å². The molecule has 3 heteroatoms. The van der Waals surface area contributed by atoms with Gasteiger partial charge in [-0.2, -0.15) is 0 Å². The molecule has 0 radical (unpaired) electrons. The Morgan fingerprint density at radius 1 is 1.31 bits per heavy atom. The Labute approximate surface area is 97.9 Å². The molecule has 0 aromatic carbocycles. The summed E-state index contributed by atoms with van der Waals surface area (Å²) in [6.45, 7) is 6.65. The molecule has 1 aliphatic heterocycles. The molecule has 0 atom stereocenters. The third-order valence-corrected chi connectivity index (χ3v) is 3.04. The minimum absolute atomic E-state index is 0.589. The Kier molecular flexibility index (Phi) is 3.78. The molecule has 0 spiro atoms. The first-order chi connectivity index (χ1) is 7.75. The molecule has 1 aromatic heterocycles. The van der Waals surface area contributed by atoms with E-state index < -0.39 is 0 Å². The highest BCUT2D eigenvalue weighted by Gasteiger charge is 2.19. The Morgan fingerprint density at radius 2 is 2.06 bits per heavy atom. The highest BCUT2D eigenvalue weighted by Crippen LogP contribution is 2.17. The molecule has 88 valence electrons. The van der Waals surface area contributed by atoms with E-state index in [2.05, 4.69) is 41.2 Å². The van der Waals surface area contributed by atoms with Crippen LogP contribution in [0.4, 0.5) is 5.82 Å². The van der Waals surface area contributed by atoms with Gasteiger partial charge in [-0.25, -0.2) is 4.98 Å². The summed E-state index contributed by atoms with van der Waals surface area (Å²) in [7, 11) is 0. The molecule has 16 heavy (non-hydrogen) atoms. The number of anilines is 1. The quantitative estimate of drug-likeness (QED) is 0.843. The number of hydrogen-bond donors (Lipinski definition) is 1. The van der Waals surface area contributed by atoms with Gasteiger partial charge in [0, 0.05) is 31.4 Å². The van der Waals surface area contributed by atoms with Crippen LogP contribution in [0.3, 0.4) is 0 Å². The predicted octanol–water partition coefficient (Wildman–Crippen LogP) is 2.05. The van der Waals surface area contributed by atoms with Crippen molar-refractivity contribution < 1.29 is 0 Å². The maximum atomic E-state index is 4.39. The number of pyridine rings is 1. The van der Waals surface area contributed by atoms with Gasteiger partial charge < -0.3 is 10.2 Å². The lowest BCUT2D eigenvalue weighted by Gasteiger charge is -2.34. The molecule has 3 nitrogen and oxygen atoms in total. The third-order valence-electron chi connectivity index (χ3n) is 3.04. The van der Waals surface area contributed by atoms with Gasteiger partial charge in [0.2, 0.25) is 0 Å². The van der Waals surface area contributed by atoms with E-state index in [-0.39, 0.29) is 0 Å². The minimum Gasteiger partial charge on any atom is -0.357 e. The van der Waals surface area contributed by atoms with Gasteiger partial charge in [-0.1, -0.05) is 19.9 Å². The zero-order valence-electron chi connectivity index (χ0n) is 10.2. The van der Waals surface area contributed by atoms with Crippen LogP contribution in [0.2, 0.25) is 0 Å². The first-order valence-electron chi connectivity index (χ1n) is 6.18. The van der Waals surface area contributed by atoms with Crippen molar-refractivity contribution in [2.24, 2.45) is 0 Å². The van der Waals surface area contributed by atoms with Gasteiger partial charge in [0.05, 0.1) is 0 Å². The number of nitrogens with one attached hydrogen (secondary N) is 1. The van der Waals surface area contributed by atoms with Crippen LogP contribution in [-0.2, 0) is 0 Å². The number of rotatable bonds is 3. The number of piperidine rings is 1. The van der Waals surface area contributed by atoms with Crippen molar-refractivity contribution in [1.82, 2.24) is 10.3 Å². The van der Waals surface area contributed by atoms with Crippen molar-refractivity contribution >= 4 is 5.82 Å². The van der Waals surface area contributed by atoms with Crippen LogP contribution < -0.4 is 10.2 Å². The molecule has 2 rings (SSSR count). The van der Waals surface area contributed by atoms with Gasteiger partial charge in [-0.3, -0.25) is 0 Å². The fraction of sp³-hybridized carbons (Fsp3) is 0.615. The first-order valence-corrected chi connectivity index (χ1v) is 6.18. The van der Waals surface area contributed by atoms with E-state index in [1.54, 1.807) is 0 Å². The smallest absolute Gasteiger partial charge is 0.128 e. The van der Waals surface area contributed by atoms with Crippen LogP contribution in [0.5, 0.6) is 0 Å². The van der Waals surface area contributed by atoms with Crippen molar-refractivity contribution in [2.75, 3.05) is 18.0 Å². The molecule has 1 N–H and O–H groups in total. The molecule has 0 unspecified atom stereocenters. The molecular weight excluding hydrogens is 198 g/mol. The fourth-order valence-corrected chi connectivity index (χ4v) is 2.29. The molecule has 0 amide bonds. The standard InChI is InChI=1S/C13H21N3/c1-11(2)15-12-6-9-16(10-7-12)13-5-3-4-8-14-13/h3-5,8,11-12,15H,6-7,9-10H2,1-2H3. The Bertz CT molecular complexity index is 302. The van der Waals surface area contributed by atoms with Gasteiger partial charge >= 0.3 is 0 Å². The monoisotopic (exact) mass is 219 g/mol. The van der Waals surface area contributed by atoms with E-state index in [0.717, 1.165) is 18.9 Å². The summed E-state index contributed by atoms with van der Waals surface area (Å²) < 4.78 is 0. The van der Waals surface area contributed by atoms with Crippen molar-refractivity contribution in [2.45, 2.75) is 38.8 Å². The SMILES string of the molecule is CC(C)NC1CCN(c2ccccn2)CC1. The molecule has 0 bridgehead atoms. The maximum Gasteiger partial charge on any atom is 0.128 e. The largest absolute Gasteiger partial charge is 0.357 e. The van der Waals surface area contributed by atoms with E-state index in [0.29, 0.717) is 12.1 Å². The van der Waals surface area contributed by atoms with Gasteiger partial charge in [-0.05, 0) is 25.0 Å². The zero-order chi connectivity index (χ0) is 11.4. The van der Waals surface area contributed by atoms with Crippen LogP contribution in [0, 0.1) is 0 Å². The molecule has 2 heterocycles. The minimum atomic E-state index is 0.589. The number of nitrogens with zero attached hydrogens (tertiary/aromatic N) is 2. The molecule has 0 saturated carbocycles. The van der Waals surface area contributed by atoms with Crippen LogP contribution in [0.25, 0.3) is 0 Å². The van der Waals surface area contributed by atoms with Crippen LogP contribution in [0.15, 0.2) is 24.4 Å². The van der Waals surface area contributed by atoms with Crippen molar-refractivity contribution in [1.29, 1.82) is 0 Å². The summed E-state index contributed by atoms with van der Waals surface area (Å²) in [5.41, 5.74) is 0. The van der Waals surface area contributed by atoms with Gasteiger partial charge in [0.1, 0.15) is 5.82 Å². The number of aromatic nitrogens is 1. The molecule has 1 fully saturated rings. The Morgan fingerprint density at radius 3 is 2.62 bits per heavy atom. The molecule has 1 aromatic rings. The van der Waals surface area contributed by atoms with Gasteiger partial charge in [0.25, 0.3) is 0 Å². The lowest BCUT2D eigenvalue weighted by molar-refractivity contribution is 0.386. The summed E-state index contributed by atoms with van der Waals surface area (Å²) in [5.74, 6) is 1.12. The molecule has 0 aliphatic carbocycles. The highest BCUT2D eigenvalue weighted by molar-refractivity contribution is 5.38.